The van der Waals surface area contributed by atoms with Gasteiger partial charge in [-0.2, -0.15) is 0 Å². The second kappa shape index (κ2) is 6.96. The molecule has 20 heavy (non-hydrogen) atoms. The molecule has 0 N–H and O–H groups in total. The van der Waals surface area contributed by atoms with Gasteiger partial charge >= 0.3 is 5.97 Å². The predicted molar refractivity (Wildman–Crippen MR) is 80.9 cm³/mol. The lowest BCUT2D eigenvalue weighted by Gasteiger charge is -2.16. The molecule has 1 aliphatic rings. The third-order valence-electron chi connectivity index (χ3n) is 3.94. The second-order valence-electron chi connectivity index (χ2n) is 6.10. The van der Waals surface area contributed by atoms with E-state index in [2.05, 4.69) is 23.8 Å². The van der Waals surface area contributed by atoms with E-state index in [0.29, 0.717) is 0 Å². The van der Waals surface area contributed by atoms with Crippen molar-refractivity contribution in [1.82, 2.24) is 4.57 Å². The number of nitrogens with zero attached hydrogens (tertiary/aromatic N) is 1. The maximum absolute atomic E-state index is 12.3. The summed E-state index contributed by atoms with van der Waals surface area (Å²) in [6, 6.07) is 2.23. The molecule has 0 bridgehead atoms. The van der Waals surface area contributed by atoms with Gasteiger partial charge in [0.25, 0.3) is 0 Å². The fourth-order valence-corrected chi connectivity index (χ4v) is 2.93. The fraction of sp³-hybridized carbons (Fsp3) is 0.706. The number of fused-ring (bicyclic) bond motifs is 1. The van der Waals surface area contributed by atoms with Crippen LogP contribution in [0.4, 0.5) is 0 Å². The van der Waals surface area contributed by atoms with Gasteiger partial charge in [0, 0.05) is 18.4 Å². The summed E-state index contributed by atoms with van der Waals surface area (Å²) in [5.74, 6) is -0.126. The molecule has 2 rings (SSSR count). The lowest BCUT2D eigenvalue weighted by atomic mass is 9.99. The summed E-state index contributed by atoms with van der Waals surface area (Å²) >= 11 is 0. The van der Waals surface area contributed by atoms with Crippen LogP contribution in [0, 0.1) is 0 Å². The summed E-state index contributed by atoms with van der Waals surface area (Å²) in [5, 5.41) is 0. The minimum Gasteiger partial charge on any atom is -0.462 e. The van der Waals surface area contributed by atoms with Crippen LogP contribution in [-0.4, -0.2) is 16.6 Å². The zero-order chi connectivity index (χ0) is 14.5. The van der Waals surface area contributed by atoms with Crippen molar-refractivity contribution < 1.29 is 9.53 Å². The van der Waals surface area contributed by atoms with Crippen LogP contribution in [-0.2, 0) is 22.5 Å². The Morgan fingerprint density at radius 1 is 1.45 bits per heavy atom. The number of aryl methyl sites for hydroxylation is 2. The van der Waals surface area contributed by atoms with Crippen LogP contribution in [0.25, 0.3) is 0 Å². The topological polar surface area (TPSA) is 31.2 Å². The van der Waals surface area contributed by atoms with Crippen LogP contribution >= 0.6 is 0 Å². The smallest absolute Gasteiger partial charge is 0.315 e. The van der Waals surface area contributed by atoms with Gasteiger partial charge in [-0.25, -0.2) is 0 Å². The van der Waals surface area contributed by atoms with Gasteiger partial charge in [-0.3, -0.25) is 4.79 Å². The monoisotopic (exact) mass is 277 g/mol. The lowest BCUT2D eigenvalue weighted by molar-refractivity contribution is -0.149. The number of hydrogen-bond donors (Lipinski definition) is 0. The van der Waals surface area contributed by atoms with E-state index in [1.165, 1.54) is 24.1 Å². The number of hydrogen-bond acceptors (Lipinski definition) is 2. The van der Waals surface area contributed by atoms with E-state index < -0.39 is 0 Å². The standard InChI is InChI=1S/C17H27NO2/c1-4-5-8-14-11-16-15(17(19)20-13(2)3)9-6-7-10-18(16)12-14/h11-13,15H,4-10H2,1-3H3. The largest absolute Gasteiger partial charge is 0.462 e. The highest BCUT2D eigenvalue weighted by atomic mass is 16.5. The summed E-state index contributed by atoms with van der Waals surface area (Å²) in [4.78, 5) is 12.3. The van der Waals surface area contributed by atoms with E-state index in [1.807, 2.05) is 13.8 Å². The first-order valence-corrected chi connectivity index (χ1v) is 8.01. The van der Waals surface area contributed by atoms with Gasteiger partial charge in [-0.1, -0.05) is 19.8 Å². The van der Waals surface area contributed by atoms with E-state index in [-0.39, 0.29) is 18.0 Å². The lowest BCUT2D eigenvalue weighted by Crippen LogP contribution is -2.20. The third-order valence-corrected chi connectivity index (χ3v) is 3.94. The molecule has 3 nitrogen and oxygen atoms in total. The van der Waals surface area contributed by atoms with Crippen molar-refractivity contribution >= 4 is 5.97 Å². The van der Waals surface area contributed by atoms with Gasteiger partial charge in [0.2, 0.25) is 0 Å². The zero-order valence-corrected chi connectivity index (χ0v) is 13.0. The predicted octanol–water partition coefficient (Wildman–Crippen LogP) is 4.05. The van der Waals surface area contributed by atoms with Gasteiger partial charge in [0.15, 0.2) is 0 Å². The number of esters is 1. The summed E-state index contributed by atoms with van der Waals surface area (Å²) in [5.41, 5.74) is 2.53. The number of rotatable bonds is 5. The van der Waals surface area contributed by atoms with E-state index in [4.69, 9.17) is 4.74 Å². The molecule has 1 aromatic rings. The maximum Gasteiger partial charge on any atom is 0.315 e. The number of unbranched alkanes of at least 4 members (excludes halogenated alkanes) is 1. The molecular formula is C17H27NO2. The Bertz CT molecular complexity index is 448. The van der Waals surface area contributed by atoms with Crippen LogP contribution in [0.1, 0.15) is 70.1 Å². The molecule has 0 fully saturated rings. The van der Waals surface area contributed by atoms with E-state index in [0.717, 1.165) is 32.2 Å². The molecule has 2 heterocycles. The highest BCUT2D eigenvalue weighted by molar-refractivity contribution is 5.78. The maximum atomic E-state index is 12.3. The molecule has 0 saturated heterocycles. The molecule has 0 radical (unpaired) electrons. The highest BCUT2D eigenvalue weighted by Crippen LogP contribution is 2.30. The second-order valence-corrected chi connectivity index (χ2v) is 6.10. The molecule has 3 heteroatoms. The molecule has 112 valence electrons. The zero-order valence-electron chi connectivity index (χ0n) is 13.0. The average Bonchev–Trinajstić information content (AvgIpc) is 2.68. The van der Waals surface area contributed by atoms with Gasteiger partial charge in [0.1, 0.15) is 0 Å². The quantitative estimate of drug-likeness (QED) is 0.760. The number of carbonyl (C=O) groups is 1. The molecule has 1 aliphatic heterocycles. The minimum absolute atomic E-state index is 0.0336. The Kier molecular flexibility index (Phi) is 5.27. The van der Waals surface area contributed by atoms with Crippen LogP contribution in [0.3, 0.4) is 0 Å². The SMILES string of the molecule is CCCCc1cc2n(c1)CCCCC2C(=O)OC(C)C. The fourth-order valence-electron chi connectivity index (χ4n) is 2.93. The number of ether oxygens (including phenoxy) is 1. The van der Waals surface area contributed by atoms with Crippen molar-refractivity contribution in [3.8, 4) is 0 Å². The van der Waals surface area contributed by atoms with Gasteiger partial charge in [-0.05, 0) is 51.2 Å². The van der Waals surface area contributed by atoms with Crippen LogP contribution in [0.2, 0.25) is 0 Å². The van der Waals surface area contributed by atoms with Crippen molar-refractivity contribution in [2.45, 2.75) is 77.9 Å². The van der Waals surface area contributed by atoms with Gasteiger partial charge in [-0.15, -0.1) is 0 Å². The summed E-state index contributed by atoms with van der Waals surface area (Å²) in [6.07, 6.45) is 8.92. The normalized spacial score (nSPS) is 18.7. The van der Waals surface area contributed by atoms with Gasteiger partial charge < -0.3 is 9.30 Å². The highest BCUT2D eigenvalue weighted by Gasteiger charge is 2.28. The first-order chi connectivity index (χ1) is 9.61. The first kappa shape index (κ1) is 15.1. The van der Waals surface area contributed by atoms with Crippen molar-refractivity contribution in [2.75, 3.05) is 0 Å². The Balaban J connectivity index is 2.19. The Morgan fingerprint density at radius 2 is 2.25 bits per heavy atom. The average molecular weight is 277 g/mol. The number of carbonyl (C=O) groups excluding carboxylic acids is 1. The summed E-state index contributed by atoms with van der Waals surface area (Å²) in [6.45, 7) is 7.08. The summed E-state index contributed by atoms with van der Waals surface area (Å²) in [7, 11) is 0. The Morgan fingerprint density at radius 3 is 2.95 bits per heavy atom. The first-order valence-electron chi connectivity index (χ1n) is 8.01. The van der Waals surface area contributed by atoms with Crippen molar-refractivity contribution in [3.05, 3.63) is 23.5 Å². The van der Waals surface area contributed by atoms with Crippen molar-refractivity contribution in [1.29, 1.82) is 0 Å². The van der Waals surface area contributed by atoms with Gasteiger partial charge in [0.05, 0.1) is 12.0 Å². The van der Waals surface area contributed by atoms with Crippen LogP contribution in [0.15, 0.2) is 12.3 Å². The molecule has 1 atom stereocenters. The molecule has 0 aliphatic carbocycles. The molecule has 1 unspecified atom stereocenters. The summed E-state index contributed by atoms with van der Waals surface area (Å²) < 4.78 is 7.72. The van der Waals surface area contributed by atoms with E-state index in [9.17, 15) is 4.79 Å². The minimum atomic E-state index is -0.0738. The van der Waals surface area contributed by atoms with Crippen LogP contribution in [0.5, 0.6) is 0 Å². The van der Waals surface area contributed by atoms with Crippen LogP contribution < -0.4 is 0 Å². The molecule has 0 aromatic carbocycles. The number of aromatic nitrogens is 1. The molecule has 0 spiro atoms. The van der Waals surface area contributed by atoms with Crippen molar-refractivity contribution in [2.24, 2.45) is 0 Å². The van der Waals surface area contributed by atoms with E-state index in [1.54, 1.807) is 0 Å². The Hall–Kier alpha value is -1.25. The Labute approximate surface area is 122 Å². The molecule has 1 aromatic heterocycles. The molecule has 0 saturated carbocycles. The molecule has 0 amide bonds. The van der Waals surface area contributed by atoms with E-state index >= 15 is 0 Å². The van der Waals surface area contributed by atoms with Crippen molar-refractivity contribution in [3.63, 3.8) is 0 Å². The molecular weight excluding hydrogens is 250 g/mol. The third kappa shape index (κ3) is 3.65.